The molecule has 0 atom stereocenters. The van der Waals surface area contributed by atoms with Crippen molar-refractivity contribution in [1.82, 2.24) is 19.4 Å². The van der Waals surface area contributed by atoms with Gasteiger partial charge in [-0.15, -0.1) is 0 Å². The number of anilines is 2. The van der Waals surface area contributed by atoms with Crippen molar-refractivity contribution in [2.45, 2.75) is 19.4 Å². The van der Waals surface area contributed by atoms with Gasteiger partial charge >= 0.3 is 0 Å². The zero-order chi connectivity index (χ0) is 22.9. The number of rotatable bonds is 5. The lowest BCUT2D eigenvalue weighted by Crippen LogP contribution is -2.26. The maximum atomic E-state index is 9.24. The maximum absolute atomic E-state index is 9.24. The van der Waals surface area contributed by atoms with Crippen LogP contribution >= 0.6 is 11.6 Å². The highest BCUT2D eigenvalue weighted by Crippen LogP contribution is 2.34. The van der Waals surface area contributed by atoms with Crippen molar-refractivity contribution in [2.24, 2.45) is 0 Å². The first-order valence-electron chi connectivity index (χ1n) is 10.7. The van der Waals surface area contributed by atoms with E-state index in [9.17, 15) is 5.26 Å². The topological polar surface area (TPSA) is 79.0 Å². The third-order valence-corrected chi connectivity index (χ3v) is 6.26. The van der Waals surface area contributed by atoms with Gasteiger partial charge in [0.05, 0.1) is 37.0 Å². The van der Waals surface area contributed by atoms with Gasteiger partial charge in [0.25, 0.3) is 0 Å². The summed E-state index contributed by atoms with van der Waals surface area (Å²) >= 11 is 6.52. The molecule has 33 heavy (non-hydrogen) atoms. The van der Waals surface area contributed by atoms with E-state index in [1.165, 1.54) is 11.1 Å². The summed E-state index contributed by atoms with van der Waals surface area (Å²) in [5, 5.41) is 14.0. The molecule has 0 saturated heterocycles. The SMILES string of the molecule is COc1cc2c(cc1Nc1ncc(Cl)c(-n3cc(CC#N)c4ccccc43)n1)CN(C)CC2. The number of fused-ring (bicyclic) bond motifs is 2. The number of ether oxygens (including phenoxy) is 1. The Morgan fingerprint density at radius 1 is 1.24 bits per heavy atom. The van der Waals surface area contributed by atoms with Gasteiger partial charge in [-0.1, -0.05) is 29.8 Å². The third kappa shape index (κ3) is 3.99. The number of methoxy groups -OCH3 is 1. The van der Waals surface area contributed by atoms with Crippen molar-refractivity contribution >= 4 is 34.1 Å². The molecule has 0 amide bonds. The average Bonchev–Trinajstić information content (AvgIpc) is 3.18. The molecule has 2 aromatic carbocycles. The van der Waals surface area contributed by atoms with Crippen LogP contribution < -0.4 is 10.1 Å². The number of nitrogens with one attached hydrogen (secondary N) is 1. The molecular weight excluding hydrogens is 436 g/mol. The van der Waals surface area contributed by atoms with Crippen molar-refractivity contribution in [3.8, 4) is 17.6 Å². The Morgan fingerprint density at radius 2 is 2.09 bits per heavy atom. The molecule has 3 heterocycles. The van der Waals surface area contributed by atoms with Crippen molar-refractivity contribution < 1.29 is 4.74 Å². The Kier molecular flexibility index (Phi) is 5.63. The minimum atomic E-state index is 0.308. The summed E-state index contributed by atoms with van der Waals surface area (Å²) < 4.78 is 7.56. The molecule has 1 aliphatic heterocycles. The molecule has 166 valence electrons. The van der Waals surface area contributed by atoms with Gasteiger partial charge in [-0.25, -0.2) is 4.98 Å². The number of halogens is 1. The van der Waals surface area contributed by atoms with Gasteiger partial charge in [-0.05, 0) is 48.4 Å². The average molecular weight is 459 g/mol. The number of para-hydroxylation sites is 1. The molecule has 8 heteroatoms. The fourth-order valence-corrected chi connectivity index (χ4v) is 4.54. The summed E-state index contributed by atoms with van der Waals surface area (Å²) in [6, 6.07) is 14.3. The second kappa shape index (κ2) is 8.74. The normalized spacial score (nSPS) is 13.5. The summed E-state index contributed by atoms with van der Waals surface area (Å²) in [6.45, 7) is 1.92. The Bertz CT molecular complexity index is 1390. The zero-order valence-corrected chi connectivity index (χ0v) is 19.2. The van der Waals surface area contributed by atoms with E-state index in [-0.39, 0.29) is 0 Å². The van der Waals surface area contributed by atoms with E-state index in [1.54, 1.807) is 13.3 Å². The number of hydrogen-bond donors (Lipinski definition) is 1. The van der Waals surface area contributed by atoms with Crippen LogP contribution in [0.1, 0.15) is 16.7 Å². The molecule has 7 nitrogen and oxygen atoms in total. The summed E-state index contributed by atoms with van der Waals surface area (Å²) in [4.78, 5) is 11.4. The molecule has 0 unspecified atom stereocenters. The first-order chi connectivity index (χ1) is 16.1. The zero-order valence-electron chi connectivity index (χ0n) is 18.5. The van der Waals surface area contributed by atoms with Crippen LogP contribution in [0.25, 0.3) is 16.7 Å². The van der Waals surface area contributed by atoms with E-state index >= 15 is 0 Å². The van der Waals surface area contributed by atoms with Gasteiger partial charge in [-0.3, -0.25) is 4.57 Å². The first-order valence-corrected chi connectivity index (χ1v) is 11.1. The molecule has 0 saturated carbocycles. The molecule has 5 rings (SSSR count). The van der Waals surface area contributed by atoms with E-state index in [1.807, 2.05) is 35.0 Å². The van der Waals surface area contributed by atoms with Gasteiger partial charge < -0.3 is 15.0 Å². The van der Waals surface area contributed by atoms with E-state index in [0.717, 1.165) is 47.4 Å². The standard InChI is InChI=1S/C25H23ClN6O/c1-31-10-8-16-12-23(33-2)21(11-18(16)14-31)29-25-28-13-20(26)24(30-25)32-15-17(7-9-27)19-5-3-4-6-22(19)32/h3-6,11-13,15H,7-8,10,14H2,1-2H3,(H,28,29,30). The molecule has 0 radical (unpaired) electrons. The highest BCUT2D eigenvalue weighted by Gasteiger charge is 2.18. The molecular formula is C25H23ClN6O. The maximum Gasteiger partial charge on any atom is 0.229 e. The summed E-state index contributed by atoms with van der Waals surface area (Å²) in [5.74, 6) is 1.71. The van der Waals surface area contributed by atoms with Crippen LogP contribution in [0.2, 0.25) is 5.02 Å². The first kappa shape index (κ1) is 21.3. The number of nitriles is 1. The van der Waals surface area contributed by atoms with Crippen LogP contribution in [0.4, 0.5) is 11.6 Å². The Labute approximate surface area is 197 Å². The molecule has 2 aromatic heterocycles. The van der Waals surface area contributed by atoms with Crippen molar-refractivity contribution in [2.75, 3.05) is 26.0 Å². The van der Waals surface area contributed by atoms with Crippen LogP contribution in [0.15, 0.2) is 48.8 Å². The van der Waals surface area contributed by atoms with Crippen molar-refractivity contribution in [1.29, 1.82) is 5.26 Å². The fraction of sp³-hybridized carbons (Fsp3) is 0.240. The van der Waals surface area contributed by atoms with Gasteiger partial charge in [0, 0.05) is 24.7 Å². The number of aromatic nitrogens is 3. The third-order valence-electron chi connectivity index (χ3n) is 5.99. The van der Waals surface area contributed by atoms with E-state index < -0.39 is 0 Å². The number of nitrogens with zero attached hydrogens (tertiary/aromatic N) is 5. The Morgan fingerprint density at radius 3 is 2.91 bits per heavy atom. The van der Waals surface area contributed by atoms with Crippen LogP contribution in [0.5, 0.6) is 5.75 Å². The molecule has 0 aliphatic carbocycles. The highest BCUT2D eigenvalue weighted by molar-refractivity contribution is 6.32. The Hall–Kier alpha value is -3.60. The fourth-order valence-electron chi connectivity index (χ4n) is 4.35. The quantitative estimate of drug-likeness (QED) is 0.459. The molecule has 1 N–H and O–H groups in total. The van der Waals surface area contributed by atoms with Gasteiger partial charge in [0.2, 0.25) is 5.95 Å². The second-order valence-electron chi connectivity index (χ2n) is 8.18. The lowest BCUT2D eigenvalue weighted by molar-refractivity contribution is 0.312. The summed E-state index contributed by atoms with van der Waals surface area (Å²) in [6.07, 6.45) is 4.81. The molecule has 4 aromatic rings. The smallest absolute Gasteiger partial charge is 0.229 e. The number of benzene rings is 2. The predicted molar refractivity (Wildman–Crippen MR) is 130 cm³/mol. The Balaban J connectivity index is 1.56. The largest absolute Gasteiger partial charge is 0.495 e. The van der Waals surface area contributed by atoms with E-state index in [4.69, 9.17) is 21.3 Å². The summed E-state index contributed by atoms with van der Waals surface area (Å²) in [7, 11) is 3.79. The minimum Gasteiger partial charge on any atom is -0.495 e. The van der Waals surface area contributed by atoms with Gasteiger partial charge in [0.15, 0.2) is 5.82 Å². The van der Waals surface area contributed by atoms with Crippen molar-refractivity contribution in [3.05, 3.63) is 70.5 Å². The highest BCUT2D eigenvalue weighted by atomic mass is 35.5. The van der Waals surface area contributed by atoms with E-state index in [0.29, 0.717) is 23.2 Å². The predicted octanol–water partition coefficient (Wildman–Crippen LogP) is 4.88. The summed E-state index contributed by atoms with van der Waals surface area (Å²) in [5.41, 5.74) is 5.24. The second-order valence-corrected chi connectivity index (χ2v) is 8.58. The lowest BCUT2D eigenvalue weighted by atomic mass is 9.99. The molecule has 1 aliphatic rings. The van der Waals surface area contributed by atoms with E-state index in [2.05, 4.69) is 40.5 Å². The number of likely N-dealkylation sites (N-methyl/N-ethyl adjacent to an activating group) is 1. The molecule has 0 spiro atoms. The van der Waals surface area contributed by atoms with Crippen LogP contribution in [-0.2, 0) is 19.4 Å². The molecule has 0 fully saturated rings. The monoisotopic (exact) mass is 458 g/mol. The minimum absolute atomic E-state index is 0.308. The van der Waals surface area contributed by atoms with Crippen LogP contribution in [0.3, 0.4) is 0 Å². The van der Waals surface area contributed by atoms with Crippen LogP contribution in [0, 0.1) is 11.3 Å². The van der Waals surface area contributed by atoms with Gasteiger partial charge in [-0.2, -0.15) is 10.2 Å². The van der Waals surface area contributed by atoms with Crippen molar-refractivity contribution in [3.63, 3.8) is 0 Å². The molecule has 0 bridgehead atoms. The van der Waals surface area contributed by atoms with Gasteiger partial charge in [0.1, 0.15) is 10.8 Å². The number of hydrogen-bond acceptors (Lipinski definition) is 6. The lowest BCUT2D eigenvalue weighted by Gasteiger charge is -2.26. The van der Waals surface area contributed by atoms with Crippen LogP contribution in [-0.4, -0.2) is 40.1 Å².